The van der Waals surface area contributed by atoms with Crippen molar-refractivity contribution in [1.29, 1.82) is 0 Å². The van der Waals surface area contributed by atoms with E-state index in [4.69, 9.17) is 10.5 Å². The number of methoxy groups -OCH3 is 1. The zero-order valence-corrected chi connectivity index (χ0v) is 17.4. The lowest BCUT2D eigenvalue weighted by molar-refractivity contribution is -0.134. The number of carbonyl (C=O) groups is 2. The van der Waals surface area contributed by atoms with Gasteiger partial charge < -0.3 is 20.7 Å². The van der Waals surface area contributed by atoms with Gasteiger partial charge in [-0.15, -0.1) is 12.4 Å². The Morgan fingerprint density at radius 1 is 1.10 bits per heavy atom. The van der Waals surface area contributed by atoms with Crippen molar-refractivity contribution in [2.24, 2.45) is 5.92 Å². The van der Waals surface area contributed by atoms with Crippen LogP contribution in [0.15, 0.2) is 48.5 Å². The van der Waals surface area contributed by atoms with Gasteiger partial charge in [0.1, 0.15) is 5.75 Å². The fourth-order valence-electron chi connectivity index (χ4n) is 3.54. The number of hydrogen-bond donors (Lipinski definition) is 2. The van der Waals surface area contributed by atoms with Crippen LogP contribution in [0.3, 0.4) is 0 Å². The first-order valence-electron chi connectivity index (χ1n) is 9.63. The summed E-state index contributed by atoms with van der Waals surface area (Å²) in [7, 11) is 1.58. The highest BCUT2D eigenvalue weighted by molar-refractivity contribution is 5.94. The molecule has 1 saturated heterocycles. The molecule has 1 aliphatic heterocycles. The lowest BCUT2D eigenvalue weighted by atomic mass is 9.95. The molecular formula is C22H28ClN3O3. The molecule has 6 nitrogen and oxygen atoms in total. The summed E-state index contributed by atoms with van der Waals surface area (Å²) in [5, 5.41) is 2.95. The minimum absolute atomic E-state index is 0. The molecule has 3 N–H and O–H groups in total. The number of benzene rings is 2. The number of piperidine rings is 1. The quantitative estimate of drug-likeness (QED) is 0.704. The largest absolute Gasteiger partial charge is 0.495 e. The van der Waals surface area contributed by atoms with E-state index in [9.17, 15) is 9.59 Å². The van der Waals surface area contributed by atoms with Gasteiger partial charge in [-0.1, -0.05) is 30.3 Å². The van der Waals surface area contributed by atoms with Crippen LogP contribution in [-0.2, 0) is 16.0 Å². The van der Waals surface area contributed by atoms with Crippen LogP contribution >= 0.6 is 12.4 Å². The number of nitrogens with two attached hydrogens (primary N) is 1. The standard InChI is InChI=1S/C22H27N3O3.ClH/c1-28-20-9-5-4-8-19(20)24-22(27)17-12-14-25(15-13-17)21(26)11-10-16-6-2-3-7-18(16)23;/h2-9,17H,10-15,23H2,1H3,(H,24,27);1H. The molecule has 0 unspecified atom stereocenters. The lowest BCUT2D eigenvalue weighted by Gasteiger charge is -2.31. The summed E-state index contributed by atoms with van der Waals surface area (Å²) in [6.07, 6.45) is 2.41. The fraction of sp³-hybridized carbons (Fsp3) is 0.364. The van der Waals surface area contributed by atoms with Crippen molar-refractivity contribution in [3.05, 3.63) is 54.1 Å². The summed E-state index contributed by atoms with van der Waals surface area (Å²) in [5.74, 6) is 0.642. The van der Waals surface area contributed by atoms with E-state index in [-0.39, 0.29) is 30.1 Å². The summed E-state index contributed by atoms with van der Waals surface area (Å²) >= 11 is 0. The number of likely N-dealkylation sites (tertiary alicyclic amines) is 1. The average Bonchev–Trinajstić information content (AvgIpc) is 2.73. The van der Waals surface area contributed by atoms with Crippen LogP contribution in [-0.4, -0.2) is 36.9 Å². The van der Waals surface area contributed by atoms with Gasteiger partial charge >= 0.3 is 0 Å². The fourth-order valence-corrected chi connectivity index (χ4v) is 3.54. The van der Waals surface area contributed by atoms with Gasteiger partial charge in [0.05, 0.1) is 12.8 Å². The van der Waals surface area contributed by atoms with Gasteiger partial charge in [-0.05, 0) is 43.0 Å². The monoisotopic (exact) mass is 417 g/mol. The molecule has 0 aliphatic carbocycles. The van der Waals surface area contributed by atoms with Crippen LogP contribution in [0.25, 0.3) is 0 Å². The van der Waals surface area contributed by atoms with Crippen LogP contribution in [0.2, 0.25) is 0 Å². The molecule has 2 amide bonds. The van der Waals surface area contributed by atoms with E-state index in [0.29, 0.717) is 50.2 Å². The number of anilines is 2. The molecule has 3 rings (SSSR count). The van der Waals surface area contributed by atoms with Crippen LogP contribution in [0.1, 0.15) is 24.8 Å². The second kappa shape index (κ2) is 10.7. The van der Waals surface area contributed by atoms with Gasteiger partial charge in [-0.2, -0.15) is 0 Å². The van der Waals surface area contributed by atoms with E-state index in [2.05, 4.69) is 5.32 Å². The molecule has 0 aromatic heterocycles. The molecule has 1 fully saturated rings. The van der Waals surface area contributed by atoms with Crippen molar-refractivity contribution in [1.82, 2.24) is 4.90 Å². The highest BCUT2D eigenvalue weighted by atomic mass is 35.5. The molecular weight excluding hydrogens is 390 g/mol. The number of aryl methyl sites for hydroxylation is 1. The Kier molecular flexibility index (Phi) is 8.34. The van der Waals surface area contributed by atoms with Gasteiger partial charge in [0, 0.05) is 31.1 Å². The first-order chi connectivity index (χ1) is 13.6. The molecule has 0 radical (unpaired) electrons. The molecule has 2 aromatic carbocycles. The third-order valence-corrected chi connectivity index (χ3v) is 5.25. The normalized spacial score (nSPS) is 14.0. The van der Waals surface area contributed by atoms with E-state index in [0.717, 1.165) is 11.3 Å². The number of carbonyl (C=O) groups excluding carboxylic acids is 2. The Morgan fingerprint density at radius 3 is 2.45 bits per heavy atom. The van der Waals surface area contributed by atoms with E-state index in [1.807, 2.05) is 53.4 Å². The maximum atomic E-state index is 12.6. The minimum Gasteiger partial charge on any atom is -0.495 e. The molecule has 0 bridgehead atoms. The second-order valence-electron chi connectivity index (χ2n) is 7.04. The topological polar surface area (TPSA) is 84.7 Å². The molecule has 7 heteroatoms. The SMILES string of the molecule is COc1ccccc1NC(=O)C1CCN(C(=O)CCc2ccccc2N)CC1.Cl. The number of amides is 2. The number of halogens is 1. The predicted octanol–water partition coefficient (Wildman–Crippen LogP) is 3.51. The van der Waals surface area contributed by atoms with Gasteiger partial charge in [0.15, 0.2) is 0 Å². The molecule has 156 valence electrons. The summed E-state index contributed by atoms with van der Waals surface area (Å²) in [5.41, 5.74) is 8.34. The van der Waals surface area contributed by atoms with Crippen LogP contribution < -0.4 is 15.8 Å². The number of rotatable bonds is 6. The average molecular weight is 418 g/mol. The Hall–Kier alpha value is -2.73. The lowest BCUT2D eigenvalue weighted by Crippen LogP contribution is -2.41. The maximum Gasteiger partial charge on any atom is 0.227 e. The van der Waals surface area contributed by atoms with Gasteiger partial charge in [-0.25, -0.2) is 0 Å². The van der Waals surface area contributed by atoms with Crippen molar-refractivity contribution in [2.45, 2.75) is 25.7 Å². The molecule has 0 atom stereocenters. The summed E-state index contributed by atoms with van der Waals surface area (Å²) in [4.78, 5) is 26.9. The van der Waals surface area contributed by atoms with E-state index in [1.165, 1.54) is 0 Å². The molecule has 29 heavy (non-hydrogen) atoms. The predicted molar refractivity (Wildman–Crippen MR) is 117 cm³/mol. The molecule has 0 saturated carbocycles. The Balaban J connectivity index is 0.00000300. The van der Waals surface area contributed by atoms with Crippen molar-refractivity contribution < 1.29 is 14.3 Å². The zero-order chi connectivity index (χ0) is 19.9. The molecule has 0 spiro atoms. The van der Waals surface area contributed by atoms with Crippen molar-refractivity contribution in [3.8, 4) is 5.75 Å². The first-order valence-corrected chi connectivity index (χ1v) is 9.63. The van der Waals surface area contributed by atoms with E-state index >= 15 is 0 Å². The van der Waals surface area contributed by atoms with E-state index < -0.39 is 0 Å². The molecule has 1 aliphatic rings. The highest BCUT2D eigenvalue weighted by Crippen LogP contribution is 2.26. The number of nitrogens with one attached hydrogen (secondary N) is 1. The summed E-state index contributed by atoms with van der Waals surface area (Å²) < 4.78 is 5.28. The number of hydrogen-bond acceptors (Lipinski definition) is 4. The Morgan fingerprint density at radius 2 is 1.76 bits per heavy atom. The summed E-state index contributed by atoms with van der Waals surface area (Å²) in [6.45, 7) is 1.21. The third-order valence-electron chi connectivity index (χ3n) is 5.25. The molecule has 1 heterocycles. The summed E-state index contributed by atoms with van der Waals surface area (Å²) in [6, 6.07) is 15.0. The van der Waals surface area contributed by atoms with Gasteiger partial charge in [0.2, 0.25) is 11.8 Å². The smallest absolute Gasteiger partial charge is 0.227 e. The van der Waals surface area contributed by atoms with E-state index in [1.54, 1.807) is 7.11 Å². The van der Waals surface area contributed by atoms with Gasteiger partial charge in [-0.3, -0.25) is 9.59 Å². The maximum absolute atomic E-state index is 12.6. The third kappa shape index (κ3) is 5.87. The van der Waals surface area contributed by atoms with Crippen molar-refractivity contribution in [3.63, 3.8) is 0 Å². The second-order valence-corrected chi connectivity index (χ2v) is 7.04. The zero-order valence-electron chi connectivity index (χ0n) is 16.6. The first kappa shape index (κ1) is 22.6. The highest BCUT2D eigenvalue weighted by Gasteiger charge is 2.27. The Bertz CT molecular complexity index is 836. The van der Waals surface area contributed by atoms with Crippen molar-refractivity contribution in [2.75, 3.05) is 31.2 Å². The number of para-hydroxylation sites is 3. The number of nitrogens with zero attached hydrogens (tertiary/aromatic N) is 1. The number of nitrogen functional groups attached to an aromatic ring is 1. The van der Waals surface area contributed by atoms with Crippen LogP contribution in [0.5, 0.6) is 5.75 Å². The Labute approximate surface area is 177 Å². The van der Waals surface area contributed by atoms with Crippen LogP contribution in [0.4, 0.5) is 11.4 Å². The van der Waals surface area contributed by atoms with Crippen LogP contribution in [0, 0.1) is 5.92 Å². The molecule has 2 aromatic rings. The number of ether oxygens (including phenoxy) is 1. The van der Waals surface area contributed by atoms with Crippen molar-refractivity contribution >= 4 is 35.6 Å². The minimum atomic E-state index is -0.0984. The van der Waals surface area contributed by atoms with Gasteiger partial charge in [0.25, 0.3) is 0 Å².